The zero-order valence-corrected chi connectivity index (χ0v) is 11.7. The summed E-state index contributed by atoms with van der Waals surface area (Å²) in [6.45, 7) is 4.56. The first-order valence-corrected chi connectivity index (χ1v) is 6.77. The van der Waals surface area contributed by atoms with Crippen molar-refractivity contribution in [2.45, 2.75) is 32.7 Å². The van der Waals surface area contributed by atoms with E-state index in [1.807, 2.05) is 44.2 Å². The summed E-state index contributed by atoms with van der Waals surface area (Å²) in [6.07, 6.45) is 1.64. The number of nitrogens with two attached hydrogens (primary N) is 1. The van der Waals surface area contributed by atoms with Crippen LogP contribution in [0.3, 0.4) is 0 Å². The van der Waals surface area contributed by atoms with Gasteiger partial charge in [0.05, 0.1) is 6.61 Å². The van der Waals surface area contributed by atoms with Crippen molar-refractivity contribution in [2.24, 2.45) is 11.1 Å². The molecule has 1 aromatic carbocycles. The van der Waals surface area contributed by atoms with Crippen molar-refractivity contribution in [3.63, 3.8) is 0 Å². The van der Waals surface area contributed by atoms with E-state index < -0.39 is 6.04 Å². The van der Waals surface area contributed by atoms with Gasteiger partial charge in [-0.2, -0.15) is 0 Å². The Morgan fingerprint density at radius 1 is 1.32 bits per heavy atom. The van der Waals surface area contributed by atoms with Crippen LogP contribution < -0.4 is 11.1 Å². The zero-order chi connectivity index (χ0) is 14.3. The summed E-state index contributed by atoms with van der Waals surface area (Å²) < 4.78 is 0. The van der Waals surface area contributed by atoms with Crippen molar-refractivity contribution in [3.8, 4) is 0 Å². The molecule has 1 amide bonds. The Morgan fingerprint density at radius 3 is 2.37 bits per heavy atom. The third kappa shape index (κ3) is 4.04. The fourth-order valence-corrected chi connectivity index (χ4v) is 1.98. The molecular weight excluding hydrogens is 240 g/mol. The molecule has 0 saturated carbocycles. The largest absolute Gasteiger partial charge is 0.396 e. The Labute approximate surface area is 115 Å². The van der Waals surface area contributed by atoms with Gasteiger partial charge in [0.1, 0.15) is 6.04 Å². The molecule has 0 heterocycles. The minimum absolute atomic E-state index is 0.0703. The number of hydrogen-bond acceptors (Lipinski definition) is 3. The molecule has 4 N–H and O–H groups in total. The van der Waals surface area contributed by atoms with Crippen LogP contribution in [0, 0.1) is 5.41 Å². The molecular formula is C15H24N2O2. The molecule has 106 valence electrons. The van der Waals surface area contributed by atoms with Gasteiger partial charge < -0.3 is 16.2 Å². The van der Waals surface area contributed by atoms with Gasteiger partial charge >= 0.3 is 0 Å². The predicted octanol–water partition coefficient (Wildman–Crippen LogP) is 1.60. The fraction of sp³-hybridized carbons (Fsp3) is 0.533. The monoisotopic (exact) mass is 264 g/mol. The van der Waals surface area contributed by atoms with Crippen LogP contribution in [0.25, 0.3) is 0 Å². The van der Waals surface area contributed by atoms with E-state index in [9.17, 15) is 9.90 Å². The Hall–Kier alpha value is -1.39. The maximum absolute atomic E-state index is 12.0. The number of carbonyl (C=O) groups is 1. The molecule has 1 aromatic rings. The number of benzene rings is 1. The lowest BCUT2D eigenvalue weighted by molar-refractivity contribution is -0.123. The third-order valence-electron chi connectivity index (χ3n) is 3.91. The van der Waals surface area contributed by atoms with Crippen molar-refractivity contribution in [3.05, 3.63) is 35.9 Å². The first kappa shape index (κ1) is 15.7. The van der Waals surface area contributed by atoms with Crippen molar-refractivity contribution in [1.29, 1.82) is 0 Å². The molecule has 0 aliphatic heterocycles. The van der Waals surface area contributed by atoms with Gasteiger partial charge in [-0.25, -0.2) is 0 Å². The normalized spacial score (nSPS) is 13.1. The summed E-state index contributed by atoms with van der Waals surface area (Å²) in [7, 11) is 0. The van der Waals surface area contributed by atoms with Crippen molar-refractivity contribution < 1.29 is 9.90 Å². The summed E-state index contributed by atoms with van der Waals surface area (Å²) in [5.41, 5.74) is 6.47. The highest BCUT2D eigenvalue weighted by Gasteiger charge is 2.27. The van der Waals surface area contributed by atoms with Gasteiger partial charge in [0.25, 0.3) is 0 Å². The molecule has 0 unspecified atom stereocenters. The molecule has 0 spiro atoms. The summed E-state index contributed by atoms with van der Waals surface area (Å²) in [5.74, 6) is -0.203. The topological polar surface area (TPSA) is 75.3 Å². The molecule has 0 bridgehead atoms. The van der Waals surface area contributed by atoms with Gasteiger partial charge in [-0.05, 0) is 18.4 Å². The van der Waals surface area contributed by atoms with Crippen LogP contribution in [-0.2, 0) is 4.79 Å². The van der Waals surface area contributed by atoms with E-state index in [0.29, 0.717) is 6.54 Å². The van der Waals surface area contributed by atoms with Crippen LogP contribution in [0.5, 0.6) is 0 Å². The molecule has 0 aromatic heterocycles. The summed E-state index contributed by atoms with van der Waals surface area (Å²) in [5, 5.41) is 12.3. The first-order chi connectivity index (χ1) is 9.08. The lowest BCUT2D eigenvalue weighted by Crippen LogP contribution is -2.42. The maximum Gasteiger partial charge on any atom is 0.241 e. The van der Waals surface area contributed by atoms with E-state index in [1.165, 1.54) is 0 Å². The Morgan fingerprint density at radius 2 is 1.89 bits per heavy atom. The molecule has 0 saturated heterocycles. The standard InChI is InChI=1S/C15H24N2O2/c1-3-15(4-2,11-18)10-17-14(19)13(16)12-8-6-5-7-9-12/h5-9,13,18H,3-4,10-11,16H2,1-2H3,(H,17,19)/t13-/m0/s1. The maximum atomic E-state index is 12.0. The molecule has 0 aliphatic rings. The number of rotatable bonds is 7. The van der Waals surface area contributed by atoms with Crippen molar-refractivity contribution in [1.82, 2.24) is 5.32 Å². The lowest BCUT2D eigenvalue weighted by atomic mass is 9.83. The second-order valence-electron chi connectivity index (χ2n) is 4.97. The summed E-state index contributed by atoms with van der Waals surface area (Å²) in [4.78, 5) is 12.0. The average Bonchev–Trinajstić information content (AvgIpc) is 2.49. The highest BCUT2D eigenvalue weighted by atomic mass is 16.3. The van der Waals surface area contributed by atoms with Crippen LogP contribution >= 0.6 is 0 Å². The first-order valence-electron chi connectivity index (χ1n) is 6.77. The third-order valence-corrected chi connectivity index (χ3v) is 3.91. The number of hydrogen-bond donors (Lipinski definition) is 3. The van der Waals surface area contributed by atoms with Crippen LogP contribution in [-0.4, -0.2) is 24.2 Å². The molecule has 1 rings (SSSR count). The van der Waals surface area contributed by atoms with E-state index in [-0.39, 0.29) is 17.9 Å². The van der Waals surface area contributed by atoms with Crippen molar-refractivity contribution in [2.75, 3.05) is 13.2 Å². The molecule has 0 fully saturated rings. The average molecular weight is 264 g/mol. The van der Waals surface area contributed by atoms with Crippen molar-refractivity contribution >= 4 is 5.91 Å². The molecule has 0 radical (unpaired) electrons. The molecule has 19 heavy (non-hydrogen) atoms. The van der Waals surface area contributed by atoms with Gasteiger partial charge in [-0.1, -0.05) is 44.2 Å². The quantitative estimate of drug-likeness (QED) is 0.700. The minimum atomic E-state index is -0.661. The van der Waals surface area contributed by atoms with Crippen LogP contribution in [0.2, 0.25) is 0 Å². The second-order valence-corrected chi connectivity index (χ2v) is 4.97. The summed E-state index contributed by atoms with van der Waals surface area (Å²) >= 11 is 0. The van der Waals surface area contributed by atoms with Gasteiger partial charge in [0.2, 0.25) is 5.91 Å². The van der Waals surface area contributed by atoms with Gasteiger partial charge in [-0.15, -0.1) is 0 Å². The number of nitrogens with one attached hydrogen (secondary N) is 1. The number of aliphatic hydroxyl groups is 1. The summed E-state index contributed by atoms with van der Waals surface area (Å²) in [6, 6.07) is 8.62. The van der Waals surface area contributed by atoms with Gasteiger partial charge in [0.15, 0.2) is 0 Å². The van der Waals surface area contributed by atoms with E-state index in [4.69, 9.17) is 5.73 Å². The van der Waals surface area contributed by atoms with Gasteiger partial charge in [-0.3, -0.25) is 4.79 Å². The zero-order valence-electron chi connectivity index (χ0n) is 11.7. The Kier molecular flexibility index (Phi) is 5.99. The number of aliphatic hydroxyl groups excluding tert-OH is 1. The Balaban J connectivity index is 2.60. The molecule has 0 aliphatic carbocycles. The second kappa shape index (κ2) is 7.26. The van der Waals surface area contributed by atoms with E-state index in [1.54, 1.807) is 0 Å². The van der Waals surface area contributed by atoms with E-state index >= 15 is 0 Å². The molecule has 4 nitrogen and oxygen atoms in total. The van der Waals surface area contributed by atoms with E-state index in [2.05, 4.69) is 5.32 Å². The highest BCUT2D eigenvalue weighted by molar-refractivity contribution is 5.82. The lowest BCUT2D eigenvalue weighted by Gasteiger charge is -2.30. The van der Waals surface area contributed by atoms with Gasteiger partial charge in [0, 0.05) is 12.0 Å². The van der Waals surface area contributed by atoms with Crippen LogP contribution in [0.4, 0.5) is 0 Å². The van der Waals surface area contributed by atoms with Crippen LogP contribution in [0.1, 0.15) is 38.3 Å². The molecule has 4 heteroatoms. The highest BCUT2D eigenvalue weighted by Crippen LogP contribution is 2.24. The fourth-order valence-electron chi connectivity index (χ4n) is 1.98. The number of amides is 1. The van der Waals surface area contributed by atoms with E-state index in [0.717, 1.165) is 18.4 Å². The molecule has 1 atom stereocenters. The predicted molar refractivity (Wildman–Crippen MR) is 76.5 cm³/mol. The smallest absolute Gasteiger partial charge is 0.241 e. The number of carbonyl (C=O) groups excluding carboxylic acids is 1. The Bertz CT molecular complexity index is 380. The van der Waals surface area contributed by atoms with Crippen LogP contribution in [0.15, 0.2) is 30.3 Å². The SMILES string of the molecule is CCC(CC)(CO)CNC(=O)[C@@H](N)c1ccccc1. The minimum Gasteiger partial charge on any atom is -0.396 e.